The highest BCUT2D eigenvalue weighted by Crippen LogP contribution is 2.21. The number of likely N-dealkylation sites (tertiary alicyclic amines) is 1. The molecule has 1 aliphatic rings. The average molecular weight is 286 g/mol. The molecule has 2 N–H and O–H groups in total. The quantitative estimate of drug-likeness (QED) is 0.879. The van der Waals surface area contributed by atoms with Crippen molar-refractivity contribution < 1.29 is 17.6 Å². The largest absolute Gasteiger partial charge is 0.337 e. The van der Waals surface area contributed by atoms with Crippen molar-refractivity contribution in [2.24, 2.45) is 5.14 Å². The van der Waals surface area contributed by atoms with E-state index in [1.165, 1.54) is 17.0 Å². The summed E-state index contributed by atoms with van der Waals surface area (Å²) in [5.74, 6) is -0.655. The number of amides is 1. The summed E-state index contributed by atoms with van der Waals surface area (Å²) >= 11 is 0. The predicted octanol–water partition coefficient (Wildman–Crippen LogP) is 0.524. The van der Waals surface area contributed by atoms with Gasteiger partial charge in [-0.05, 0) is 30.2 Å². The van der Waals surface area contributed by atoms with Crippen LogP contribution in [0.15, 0.2) is 18.2 Å². The Labute approximate surface area is 111 Å². The topological polar surface area (TPSA) is 80.5 Å². The molecule has 7 heteroatoms. The van der Waals surface area contributed by atoms with Crippen molar-refractivity contribution in [3.63, 3.8) is 0 Å². The first kappa shape index (κ1) is 14.0. The summed E-state index contributed by atoms with van der Waals surface area (Å²) in [6.45, 7) is 2.08. The third-order valence-electron chi connectivity index (χ3n) is 3.32. The zero-order valence-electron chi connectivity index (χ0n) is 10.5. The molecule has 1 aromatic carbocycles. The van der Waals surface area contributed by atoms with Crippen molar-refractivity contribution in [1.29, 1.82) is 0 Å². The standard InChI is InChI=1S/C12H15FN2O3S/c1-8-2-3-10(13)4-9(8)6-15-7-11(5-12(15)16)19(14,17)18/h2-4,11H,5-7H2,1H3,(H2,14,17,18). The number of aryl methyl sites for hydroxylation is 1. The summed E-state index contributed by atoms with van der Waals surface area (Å²) in [7, 11) is -3.72. The van der Waals surface area contributed by atoms with Crippen LogP contribution < -0.4 is 5.14 Å². The van der Waals surface area contributed by atoms with Crippen molar-refractivity contribution in [1.82, 2.24) is 4.90 Å². The monoisotopic (exact) mass is 286 g/mol. The maximum Gasteiger partial charge on any atom is 0.224 e. The molecule has 1 unspecified atom stereocenters. The number of carbonyl (C=O) groups is 1. The third kappa shape index (κ3) is 3.10. The minimum Gasteiger partial charge on any atom is -0.337 e. The Bertz CT molecular complexity index is 615. The molecular weight excluding hydrogens is 271 g/mol. The number of hydrogen-bond acceptors (Lipinski definition) is 3. The molecule has 19 heavy (non-hydrogen) atoms. The minimum atomic E-state index is -3.72. The maximum absolute atomic E-state index is 13.2. The predicted molar refractivity (Wildman–Crippen MR) is 68.1 cm³/mol. The van der Waals surface area contributed by atoms with Gasteiger partial charge in [0, 0.05) is 19.5 Å². The molecule has 1 saturated heterocycles. The summed E-state index contributed by atoms with van der Waals surface area (Å²) in [6, 6.07) is 4.33. The van der Waals surface area contributed by atoms with Crippen molar-refractivity contribution in [3.05, 3.63) is 35.1 Å². The van der Waals surface area contributed by atoms with Gasteiger partial charge in [0.15, 0.2) is 0 Å². The Morgan fingerprint density at radius 1 is 1.47 bits per heavy atom. The highest BCUT2D eigenvalue weighted by molar-refractivity contribution is 7.89. The fourth-order valence-corrected chi connectivity index (χ4v) is 2.89. The number of nitrogens with zero attached hydrogens (tertiary/aromatic N) is 1. The van der Waals surface area contributed by atoms with E-state index in [9.17, 15) is 17.6 Å². The van der Waals surface area contributed by atoms with Gasteiger partial charge in [0.1, 0.15) is 11.1 Å². The van der Waals surface area contributed by atoms with Crippen LogP contribution in [-0.4, -0.2) is 31.0 Å². The molecule has 2 rings (SSSR count). The Balaban J connectivity index is 2.16. The summed E-state index contributed by atoms with van der Waals surface area (Å²) in [5.41, 5.74) is 1.52. The van der Waals surface area contributed by atoms with Gasteiger partial charge >= 0.3 is 0 Å². The van der Waals surface area contributed by atoms with E-state index in [1.54, 1.807) is 6.07 Å². The SMILES string of the molecule is Cc1ccc(F)cc1CN1CC(S(N)(=O)=O)CC1=O. The van der Waals surface area contributed by atoms with E-state index < -0.39 is 15.3 Å². The number of benzene rings is 1. The third-order valence-corrected chi connectivity index (χ3v) is 4.56. The van der Waals surface area contributed by atoms with Crippen LogP contribution >= 0.6 is 0 Å². The highest BCUT2D eigenvalue weighted by Gasteiger charge is 2.36. The maximum atomic E-state index is 13.2. The molecule has 0 radical (unpaired) electrons. The van der Waals surface area contributed by atoms with E-state index in [1.807, 2.05) is 6.92 Å². The molecule has 0 bridgehead atoms. The second kappa shape index (κ2) is 4.90. The first-order valence-corrected chi connectivity index (χ1v) is 7.43. The first-order valence-electron chi connectivity index (χ1n) is 5.82. The smallest absolute Gasteiger partial charge is 0.224 e. The molecule has 0 spiro atoms. The second-order valence-corrected chi connectivity index (χ2v) is 6.60. The van der Waals surface area contributed by atoms with E-state index in [0.717, 1.165) is 5.56 Å². The zero-order valence-corrected chi connectivity index (χ0v) is 11.3. The number of primary sulfonamides is 1. The summed E-state index contributed by atoms with van der Waals surface area (Å²) in [6.07, 6.45) is -0.104. The van der Waals surface area contributed by atoms with Gasteiger partial charge in [-0.2, -0.15) is 0 Å². The number of rotatable bonds is 3. The molecule has 1 aliphatic heterocycles. The van der Waals surface area contributed by atoms with Crippen molar-refractivity contribution in [2.75, 3.05) is 6.54 Å². The van der Waals surface area contributed by atoms with Crippen LogP contribution in [0.5, 0.6) is 0 Å². The van der Waals surface area contributed by atoms with E-state index in [-0.39, 0.29) is 31.2 Å². The van der Waals surface area contributed by atoms with Crippen LogP contribution in [0, 0.1) is 12.7 Å². The highest BCUT2D eigenvalue weighted by atomic mass is 32.2. The molecule has 1 heterocycles. The van der Waals surface area contributed by atoms with Gasteiger partial charge in [-0.3, -0.25) is 4.79 Å². The Morgan fingerprint density at radius 2 is 2.16 bits per heavy atom. The Morgan fingerprint density at radius 3 is 2.74 bits per heavy atom. The lowest BCUT2D eigenvalue weighted by molar-refractivity contribution is -0.128. The van der Waals surface area contributed by atoms with Gasteiger partial charge in [-0.1, -0.05) is 6.07 Å². The molecule has 1 fully saturated rings. The number of sulfonamides is 1. The molecule has 1 atom stereocenters. The van der Waals surface area contributed by atoms with Crippen LogP contribution in [0.2, 0.25) is 0 Å². The fourth-order valence-electron chi connectivity index (χ4n) is 2.12. The van der Waals surface area contributed by atoms with E-state index in [2.05, 4.69) is 0 Å². The number of carbonyl (C=O) groups excluding carboxylic acids is 1. The van der Waals surface area contributed by atoms with Crippen LogP contribution in [0.1, 0.15) is 17.5 Å². The van der Waals surface area contributed by atoms with Crippen molar-refractivity contribution in [3.8, 4) is 0 Å². The summed E-state index contributed by atoms with van der Waals surface area (Å²) in [4.78, 5) is 13.1. The van der Waals surface area contributed by atoms with Crippen LogP contribution in [0.4, 0.5) is 4.39 Å². The molecule has 104 valence electrons. The van der Waals surface area contributed by atoms with E-state index in [4.69, 9.17) is 5.14 Å². The molecular formula is C12H15FN2O3S. The summed E-state index contributed by atoms with van der Waals surface area (Å²) < 4.78 is 35.6. The van der Waals surface area contributed by atoms with Gasteiger partial charge in [-0.15, -0.1) is 0 Å². The minimum absolute atomic E-state index is 0.0631. The van der Waals surface area contributed by atoms with Crippen molar-refractivity contribution in [2.45, 2.75) is 25.1 Å². The van der Waals surface area contributed by atoms with E-state index >= 15 is 0 Å². The van der Waals surface area contributed by atoms with Gasteiger partial charge in [-0.25, -0.2) is 17.9 Å². The molecule has 1 aromatic rings. The number of nitrogens with two attached hydrogens (primary N) is 1. The van der Waals surface area contributed by atoms with Crippen molar-refractivity contribution >= 4 is 15.9 Å². The van der Waals surface area contributed by atoms with Gasteiger partial charge < -0.3 is 4.90 Å². The second-order valence-electron chi connectivity index (χ2n) is 4.76. The summed E-state index contributed by atoms with van der Waals surface area (Å²) in [5, 5.41) is 4.18. The molecule has 0 aliphatic carbocycles. The number of hydrogen-bond donors (Lipinski definition) is 1. The normalized spacial score (nSPS) is 20.1. The Hall–Kier alpha value is -1.47. The Kier molecular flexibility index (Phi) is 3.60. The van der Waals surface area contributed by atoms with Crippen LogP contribution in [0.25, 0.3) is 0 Å². The molecule has 0 aromatic heterocycles. The molecule has 5 nitrogen and oxygen atoms in total. The lowest BCUT2D eigenvalue weighted by atomic mass is 10.1. The molecule has 0 saturated carbocycles. The van der Waals surface area contributed by atoms with Gasteiger partial charge in [0.05, 0.1) is 0 Å². The van der Waals surface area contributed by atoms with E-state index in [0.29, 0.717) is 5.56 Å². The zero-order chi connectivity index (χ0) is 14.2. The number of halogens is 1. The average Bonchev–Trinajstić information content (AvgIpc) is 2.65. The first-order chi connectivity index (χ1) is 8.77. The fraction of sp³-hybridized carbons (Fsp3) is 0.417. The van der Waals surface area contributed by atoms with Crippen LogP contribution in [0.3, 0.4) is 0 Å². The molecule has 1 amide bonds. The lowest BCUT2D eigenvalue weighted by Crippen LogP contribution is -2.32. The van der Waals surface area contributed by atoms with Gasteiger partial charge in [0.25, 0.3) is 0 Å². The van der Waals surface area contributed by atoms with Crippen LogP contribution in [-0.2, 0) is 21.4 Å². The van der Waals surface area contributed by atoms with Gasteiger partial charge in [0.2, 0.25) is 15.9 Å². The lowest BCUT2D eigenvalue weighted by Gasteiger charge is -2.17.